The minimum Gasteiger partial charge on any atom is -0.478 e. The van der Waals surface area contributed by atoms with Crippen LogP contribution in [0.4, 0.5) is 5.69 Å². The first-order chi connectivity index (χ1) is 7.50. The molecule has 82 valence electrons. The van der Waals surface area contributed by atoms with Crippen LogP contribution < -0.4 is 4.90 Å². The topological polar surface area (TPSA) is 74.7 Å². The van der Waals surface area contributed by atoms with Gasteiger partial charge in [-0.1, -0.05) is 6.07 Å². The molecule has 1 heterocycles. The molecule has 0 atom stereocenters. The van der Waals surface area contributed by atoms with E-state index < -0.39 is 11.9 Å². The average molecular weight is 219 g/mol. The lowest BCUT2D eigenvalue weighted by Crippen LogP contribution is -2.31. The number of carboxylic acids is 1. The van der Waals surface area contributed by atoms with Crippen LogP contribution in [0, 0.1) is 0 Å². The molecule has 1 aliphatic rings. The number of hydrogen-bond donors (Lipinski definition) is 1. The van der Waals surface area contributed by atoms with E-state index >= 15 is 0 Å². The van der Waals surface area contributed by atoms with E-state index in [0.717, 1.165) is 4.90 Å². The van der Waals surface area contributed by atoms with Crippen molar-refractivity contribution in [3.8, 4) is 0 Å². The Balaban J connectivity index is 2.54. The molecule has 0 saturated carbocycles. The number of amides is 2. The largest absolute Gasteiger partial charge is 0.478 e. The van der Waals surface area contributed by atoms with E-state index in [0.29, 0.717) is 11.3 Å². The summed E-state index contributed by atoms with van der Waals surface area (Å²) in [6.45, 7) is 1.28. The molecule has 2 rings (SSSR count). The SMILES string of the molecule is CC(=O)N1C(=O)Cc2ccc(C(=O)O)cc21. The second-order valence-electron chi connectivity index (χ2n) is 3.57. The standard InChI is InChI=1S/C11H9NO4/c1-6(13)12-9-4-8(11(15)16)3-2-7(9)5-10(12)14/h2-4H,5H2,1H3,(H,15,16). The predicted octanol–water partition coefficient (Wildman–Crippen LogP) is 0.820. The van der Waals surface area contributed by atoms with Gasteiger partial charge in [-0.3, -0.25) is 14.5 Å². The molecule has 5 heteroatoms. The summed E-state index contributed by atoms with van der Waals surface area (Å²) in [6.07, 6.45) is 0.148. The summed E-state index contributed by atoms with van der Waals surface area (Å²) in [5.41, 5.74) is 1.14. The third-order valence-electron chi connectivity index (χ3n) is 2.48. The average Bonchev–Trinajstić information content (AvgIpc) is 2.51. The lowest BCUT2D eigenvalue weighted by molar-refractivity contribution is -0.124. The van der Waals surface area contributed by atoms with Gasteiger partial charge in [0.05, 0.1) is 17.7 Å². The molecule has 0 radical (unpaired) electrons. The minimum atomic E-state index is -1.08. The number of imide groups is 1. The van der Waals surface area contributed by atoms with Crippen LogP contribution >= 0.6 is 0 Å². The van der Waals surface area contributed by atoms with Crippen molar-refractivity contribution in [3.63, 3.8) is 0 Å². The van der Waals surface area contributed by atoms with Crippen LogP contribution in [-0.2, 0) is 16.0 Å². The Morgan fingerprint density at radius 3 is 2.62 bits per heavy atom. The Bertz CT molecular complexity index is 507. The van der Waals surface area contributed by atoms with Crippen molar-refractivity contribution in [2.24, 2.45) is 0 Å². The number of hydrogen-bond acceptors (Lipinski definition) is 3. The van der Waals surface area contributed by atoms with Crippen molar-refractivity contribution in [2.75, 3.05) is 4.90 Å². The second kappa shape index (κ2) is 3.44. The summed E-state index contributed by atoms with van der Waals surface area (Å²) in [5, 5.41) is 8.82. The maximum Gasteiger partial charge on any atom is 0.335 e. The van der Waals surface area contributed by atoms with Crippen molar-refractivity contribution >= 4 is 23.5 Å². The van der Waals surface area contributed by atoms with Gasteiger partial charge in [-0.25, -0.2) is 4.79 Å². The molecule has 1 N–H and O–H groups in total. The molecule has 16 heavy (non-hydrogen) atoms. The first kappa shape index (κ1) is 10.4. The Labute approximate surface area is 91.3 Å². The fourth-order valence-corrected chi connectivity index (χ4v) is 1.78. The number of nitrogens with zero attached hydrogens (tertiary/aromatic N) is 1. The van der Waals surface area contributed by atoms with Gasteiger partial charge in [-0.2, -0.15) is 0 Å². The van der Waals surface area contributed by atoms with Gasteiger partial charge in [-0.15, -0.1) is 0 Å². The highest BCUT2D eigenvalue weighted by Gasteiger charge is 2.30. The van der Waals surface area contributed by atoms with E-state index in [1.54, 1.807) is 6.07 Å². The van der Waals surface area contributed by atoms with Gasteiger partial charge in [0.15, 0.2) is 0 Å². The summed E-state index contributed by atoms with van der Waals surface area (Å²) >= 11 is 0. The molecule has 5 nitrogen and oxygen atoms in total. The van der Waals surface area contributed by atoms with E-state index in [1.165, 1.54) is 19.1 Å². The maximum atomic E-state index is 11.5. The Morgan fingerprint density at radius 1 is 1.38 bits per heavy atom. The lowest BCUT2D eigenvalue weighted by Gasteiger charge is -2.12. The molecule has 0 saturated heterocycles. The second-order valence-corrected chi connectivity index (χ2v) is 3.57. The summed E-state index contributed by atoms with van der Waals surface area (Å²) in [7, 11) is 0. The fourth-order valence-electron chi connectivity index (χ4n) is 1.78. The van der Waals surface area contributed by atoms with E-state index in [4.69, 9.17) is 5.11 Å². The summed E-state index contributed by atoms with van der Waals surface area (Å²) in [4.78, 5) is 34.6. The van der Waals surface area contributed by atoms with Crippen molar-refractivity contribution in [1.82, 2.24) is 0 Å². The number of anilines is 1. The van der Waals surface area contributed by atoms with Crippen LogP contribution in [0.2, 0.25) is 0 Å². The summed E-state index contributed by atoms with van der Waals surface area (Å²) in [5.74, 6) is -1.79. The molecule has 0 aromatic heterocycles. The number of rotatable bonds is 1. The van der Waals surface area contributed by atoms with Crippen molar-refractivity contribution in [2.45, 2.75) is 13.3 Å². The smallest absolute Gasteiger partial charge is 0.335 e. The first-order valence-electron chi connectivity index (χ1n) is 4.70. The van der Waals surface area contributed by atoms with Crippen LogP contribution in [0.3, 0.4) is 0 Å². The molecule has 1 aromatic rings. The quantitative estimate of drug-likeness (QED) is 0.758. The molecule has 0 unspecified atom stereocenters. The van der Waals surface area contributed by atoms with Crippen LogP contribution in [0.15, 0.2) is 18.2 Å². The number of carboxylic acid groups (broad SMARTS) is 1. The van der Waals surface area contributed by atoms with E-state index in [2.05, 4.69) is 0 Å². The molecular weight excluding hydrogens is 210 g/mol. The van der Waals surface area contributed by atoms with Crippen LogP contribution in [0.1, 0.15) is 22.8 Å². The Hall–Kier alpha value is -2.17. The normalized spacial score (nSPS) is 13.8. The third kappa shape index (κ3) is 1.46. The van der Waals surface area contributed by atoms with Gasteiger partial charge in [0.2, 0.25) is 11.8 Å². The molecule has 0 aliphatic carbocycles. The van der Waals surface area contributed by atoms with Crippen molar-refractivity contribution in [1.29, 1.82) is 0 Å². The monoisotopic (exact) mass is 219 g/mol. The van der Waals surface area contributed by atoms with Crippen LogP contribution in [-0.4, -0.2) is 22.9 Å². The fraction of sp³-hybridized carbons (Fsp3) is 0.182. The molecule has 1 aliphatic heterocycles. The van der Waals surface area contributed by atoms with Crippen LogP contribution in [0.5, 0.6) is 0 Å². The number of carbonyl (C=O) groups excluding carboxylic acids is 2. The Kier molecular flexibility index (Phi) is 2.23. The first-order valence-corrected chi connectivity index (χ1v) is 4.70. The zero-order valence-electron chi connectivity index (χ0n) is 8.56. The summed E-state index contributed by atoms with van der Waals surface area (Å²) in [6, 6.07) is 4.35. The number of carbonyl (C=O) groups is 3. The van der Waals surface area contributed by atoms with Crippen LogP contribution in [0.25, 0.3) is 0 Å². The molecular formula is C11H9NO4. The molecule has 1 aromatic carbocycles. The lowest BCUT2D eigenvalue weighted by atomic mass is 10.1. The minimum absolute atomic E-state index is 0.0692. The highest BCUT2D eigenvalue weighted by Crippen LogP contribution is 2.29. The molecule has 0 bridgehead atoms. The predicted molar refractivity (Wildman–Crippen MR) is 55.3 cm³/mol. The highest BCUT2D eigenvalue weighted by molar-refractivity contribution is 6.18. The summed E-state index contributed by atoms with van der Waals surface area (Å²) < 4.78 is 0. The number of benzene rings is 1. The Morgan fingerprint density at radius 2 is 2.06 bits per heavy atom. The molecule has 2 amide bonds. The van der Waals surface area contributed by atoms with Gasteiger partial charge >= 0.3 is 5.97 Å². The molecule has 0 spiro atoms. The van der Waals surface area contributed by atoms with Gasteiger partial charge in [0.1, 0.15) is 0 Å². The van der Waals surface area contributed by atoms with Gasteiger partial charge < -0.3 is 5.11 Å². The van der Waals surface area contributed by atoms with Gasteiger partial charge in [-0.05, 0) is 17.7 Å². The zero-order valence-corrected chi connectivity index (χ0v) is 8.56. The highest BCUT2D eigenvalue weighted by atomic mass is 16.4. The van der Waals surface area contributed by atoms with Gasteiger partial charge in [0.25, 0.3) is 0 Å². The van der Waals surface area contributed by atoms with E-state index in [9.17, 15) is 14.4 Å². The van der Waals surface area contributed by atoms with Gasteiger partial charge in [0, 0.05) is 6.92 Å². The van der Waals surface area contributed by atoms with Crippen molar-refractivity contribution < 1.29 is 19.5 Å². The number of aromatic carboxylic acids is 1. The zero-order chi connectivity index (χ0) is 11.9. The van der Waals surface area contributed by atoms with Crippen molar-refractivity contribution in [3.05, 3.63) is 29.3 Å². The number of fused-ring (bicyclic) bond motifs is 1. The maximum absolute atomic E-state index is 11.5. The third-order valence-corrected chi connectivity index (χ3v) is 2.48. The van der Waals surface area contributed by atoms with E-state index in [1.807, 2.05) is 0 Å². The van der Waals surface area contributed by atoms with E-state index in [-0.39, 0.29) is 17.9 Å². The molecule has 0 fully saturated rings.